The van der Waals surface area contributed by atoms with Gasteiger partial charge in [0.05, 0.1) is 12.1 Å². The number of hydrogen-bond donors (Lipinski definition) is 4. The van der Waals surface area contributed by atoms with Crippen molar-refractivity contribution in [3.05, 3.63) is 71.8 Å². The van der Waals surface area contributed by atoms with Gasteiger partial charge in [-0.25, -0.2) is 0 Å². The molecule has 0 saturated carbocycles. The molecule has 5 atom stereocenters. The highest BCUT2D eigenvalue weighted by molar-refractivity contribution is 5.94. The van der Waals surface area contributed by atoms with Crippen LogP contribution in [-0.4, -0.2) is 53.3 Å². The highest BCUT2D eigenvalue weighted by atomic mass is 16.2. The van der Waals surface area contributed by atoms with Crippen molar-refractivity contribution >= 4 is 17.7 Å². The third-order valence-electron chi connectivity index (χ3n) is 7.83. The summed E-state index contributed by atoms with van der Waals surface area (Å²) >= 11 is 0. The highest BCUT2D eigenvalue weighted by Gasteiger charge is 2.47. The number of carbonyl (C=O) groups is 3. The van der Waals surface area contributed by atoms with Crippen LogP contribution in [0.5, 0.6) is 0 Å². The van der Waals surface area contributed by atoms with Crippen LogP contribution in [0, 0.1) is 5.92 Å². The van der Waals surface area contributed by atoms with Crippen LogP contribution in [0.2, 0.25) is 0 Å². The van der Waals surface area contributed by atoms with Crippen LogP contribution in [0.4, 0.5) is 0 Å². The van der Waals surface area contributed by atoms with Crippen molar-refractivity contribution in [3.8, 4) is 0 Å². The summed E-state index contributed by atoms with van der Waals surface area (Å²) in [6.45, 7) is 2.26. The Morgan fingerprint density at radius 1 is 0.973 bits per heavy atom. The molecule has 2 aromatic rings. The summed E-state index contributed by atoms with van der Waals surface area (Å²) in [6.07, 6.45) is 4.01. The van der Waals surface area contributed by atoms with E-state index < -0.39 is 18.1 Å². The monoisotopic (exact) mass is 505 g/mol. The van der Waals surface area contributed by atoms with Gasteiger partial charge in [-0.05, 0) is 62.1 Å². The van der Waals surface area contributed by atoms with Crippen LogP contribution >= 0.6 is 0 Å². The van der Waals surface area contributed by atoms with E-state index in [0.29, 0.717) is 25.8 Å². The summed E-state index contributed by atoms with van der Waals surface area (Å²) in [5.41, 5.74) is 13.8. The topological polar surface area (TPSA) is 131 Å². The van der Waals surface area contributed by atoms with Crippen molar-refractivity contribution in [1.29, 1.82) is 0 Å². The lowest BCUT2D eigenvalue weighted by atomic mass is 9.90. The van der Waals surface area contributed by atoms with E-state index >= 15 is 0 Å². The van der Waals surface area contributed by atoms with Crippen LogP contribution in [0.1, 0.15) is 62.6 Å². The lowest BCUT2D eigenvalue weighted by Gasteiger charge is -2.33. The van der Waals surface area contributed by atoms with Crippen molar-refractivity contribution in [2.24, 2.45) is 17.4 Å². The van der Waals surface area contributed by atoms with E-state index in [9.17, 15) is 14.4 Å². The Kier molecular flexibility index (Phi) is 8.95. The van der Waals surface area contributed by atoms with E-state index in [1.165, 1.54) is 0 Å². The molecule has 0 radical (unpaired) electrons. The largest absolute Gasteiger partial charge is 0.343 e. The van der Waals surface area contributed by atoms with Crippen molar-refractivity contribution in [2.75, 3.05) is 6.54 Å². The Morgan fingerprint density at radius 3 is 2.14 bits per heavy atom. The first-order valence-electron chi connectivity index (χ1n) is 13.4. The first-order valence-corrected chi connectivity index (χ1v) is 13.4. The maximum absolute atomic E-state index is 13.9. The minimum absolute atomic E-state index is 0.0304. The van der Waals surface area contributed by atoms with Crippen molar-refractivity contribution in [1.82, 2.24) is 15.5 Å². The maximum atomic E-state index is 13.9. The molecule has 0 aliphatic carbocycles. The Hall–Kier alpha value is -3.23. The quantitative estimate of drug-likeness (QED) is 0.415. The van der Waals surface area contributed by atoms with Gasteiger partial charge in [-0.1, -0.05) is 67.6 Å². The average Bonchev–Trinajstić information content (AvgIpc) is 3.32. The van der Waals surface area contributed by atoms with Crippen LogP contribution < -0.4 is 22.1 Å². The second-order valence-electron chi connectivity index (χ2n) is 10.2. The highest BCUT2D eigenvalue weighted by Crippen LogP contribution is 2.35. The molecule has 2 aromatic carbocycles. The first kappa shape index (κ1) is 26.8. The molecule has 2 aliphatic heterocycles. The third kappa shape index (κ3) is 6.02. The molecule has 3 amide bonds. The fraction of sp³-hybridized carbons (Fsp3) is 0.483. The van der Waals surface area contributed by atoms with Gasteiger partial charge >= 0.3 is 0 Å². The number of benzene rings is 2. The van der Waals surface area contributed by atoms with E-state index in [4.69, 9.17) is 11.5 Å². The Morgan fingerprint density at radius 2 is 1.57 bits per heavy atom. The molecule has 2 saturated heterocycles. The number of nitrogens with zero attached hydrogens (tertiary/aromatic N) is 1. The van der Waals surface area contributed by atoms with Gasteiger partial charge in [0.1, 0.15) is 12.1 Å². The van der Waals surface area contributed by atoms with Crippen LogP contribution in [-0.2, 0) is 14.4 Å². The van der Waals surface area contributed by atoms with Crippen LogP contribution in [0.15, 0.2) is 60.7 Å². The lowest BCUT2D eigenvalue weighted by molar-refractivity contribution is -0.143. The molecule has 8 nitrogen and oxygen atoms in total. The Balaban J connectivity index is 1.58. The van der Waals surface area contributed by atoms with Gasteiger partial charge in [0, 0.05) is 6.04 Å². The molecule has 2 aliphatic rings. The molecule has 0 aromatic heterocycles. The molecule has 0 spiro atoms. The van der Waals surface area contributed by atoms with E-state index in [-0.39, 0.29) is 35.7 Å². The molecule has 198 valence electrons. The average molecular weight is 506 g/mol. The number of rotatable bonds is 9. The second kappa shape index (κ2) is 12.3. The number of hydrogen-bond acceptors (Lipinski definition) is 5. The van der Waals surface area contributed by atoms with Crippen molar-refractivity contribution in [2.45, 2.75) is 75.7 Å². The third-order valence-corrected chi connectivity index (χ3v) is 7.83. The number of nitrogens with one attached hydrogen (secondary N) is 2. The molecular formula is C29H39N5O3. The second-order valence-corrected chi connectivity index (χ2v) is 10.2. The van der Waals surface area contributed by atoms with E-state index in [1.807, 2.05) is 67.6 Å². The van der Waals surface area contributed by atoms with Gasteiger partial charge in [-0.15, -0.1) is 0 Å². The number of amides is 3. The lowest BCUT2D eigenvalue weighted by Crippen LogP contribution is -2.58. The predicted molar refractivity (Wildman–Crippen MR) is 143 cm³/mol. The zero-order valence-electron chi connectivity index (χ0n) is 21.5. The summed E-state index contributed by atoms with van der Waals surface area (Å²) in [4.78, 5) is 42.2. The summed E-state index contributed by atoms with van der Waals surface area (Å²) in [5.74, 6) is -0.802. The standard InChI is InChI=1S/C29H39N5O3/c1-2-23(31)27(35)33-26-21(17-18-30)13-14-22-15-16-24(34(22)29(26)37)28(36)32-25(19-9-5-3-6-10-19)20-11-7-4-8-12-20/h3-12,21-26H,2,13-18,30-31H2,1H3,(H,32,36)(H,33,35)/t21-,22+,23+,24+,26+/m1/s1. The van der Waals surface area contributed by atoms with Crippen molar-refractivity contribution < 1.29 is 14.4 Å². The Labute approximate surface area is 219 Å². The summed E-state index contributed by atoms with van der Waals surface area (Å²) < 4.78 is 0. The molecule has 2 heterocycles. The van der Waals surface area contributed by atoms with Crippen molar-refractivity contribution in [3.63, 3.8) is 0 Å². The van der Waals surface area contributed by atoms with Gasteiger partial charge in [0.2, 0.25) is 17.7 Å². The summed E-state index contributed by atoms with van der Waals surface area (Å²) in [5, 5.41) is 6.14. The smallest absolute Gasteiger partial charge is 0.246 e. The molecule has 0 bridgehead atoms. The van der Waals surface area contributed by atoms with Gasteiger partial charge in [-0.2, -0.15) is 0 Å². The van der Waals surface area contributed by atoms with E-state index in [2.05, 4.69) is 10.6 Å². The molecular weight excluding hydrogens is 466 g/mol. The molecule has 8 heteroatoms. The SMILES string of the molecule is CC[C@H](N)C(=O)N[C@@H]1C(=O)N2[C@@H](CC[C@@H]1CCN)CC[C@H]2C(=O)NC(c1ccccc1)c1ccccc1. The van der Waals surface area contributed by atoms with Crippen LogP contribution in [0.25, 0.3) is 0 Å². The van der Waals surface area contributed by atoms with E-state index in [0.717, 1.165) is 30.4 Å². The number of nitrogens with two attached hydrogens (primary N) is 2. The summed E-state index contributed by atoms with van der Waals surface area (Å²) in [6, 6.07) is 17.3. The molecule has 37 heavy (non-hydrogen) atoms. The molecule has 6 N–H and O–H groups in total. The zero-order valence-corrected chi connectivity index (χ0v) is 21.5. The van der Waals surface area contributed by atoms with Gasteiger partial charge in [0.15, 0.2) is 0 Å². The summed E-state index contributed by atoms with van der Waals surface area (Å²) in [7, 11) is 0. The van der Waals surface area contributed by atoms with Gasteiger partial charge in [-0.3, -0.25) is 14.4 Å². The minimum Gasteiger partial charge on any atom is -0.343 e. The first-order chi connectivity index (χ1) is 17.9. The van der Waals surface area contributed by atoms with Gasteiger partial charge in [0.25, 0.3) is 0 Å². The van der Waals surface area contributed by atoms with Crippen LogP contribution in [0.3, 0.4) is 0 Å². The molecule has 4 rings (SSSR count). The minimum atomic E-state index is -0.730. The fourth-order valence-electron chi connectivity index (χ4n) is 5.73. The number of carbonyl (C=O) groups excluding carboxylic acids is 3. The predicted octanol–water partition coefficient (Wildman–Crippen LogP) is 2.23. The Bertz CT molecular complexity index is 1020. The maximum Gasteiger partial charge on any atom is 0.246 e. The van der Waals surface area contributed by atoms with Gasteiger partial charge < -0.3 is 27.0 Å². The van der Waals surface area contributed by atoms with E-state index in [1.54, 1.807) is 4.90 Å². The fourth-order valence-corrected chi connectivity index (χ4v) is 5.73. The number of fused-ring (bicyclic) bond motifs is 1. The normalized spacial score (nSPS) is 24.3. The zero-order chi connectivity index (χ0) is 26.4. The molecule has 0 unspecified atom stereocenters. The molecule has 2 fully saturated rings.